The molecule has 0 atom stereocenters. The third-order valence-corrected chi connectivity index (χ3v) is 3.44. The number of hydrogen-bond donors (Lipinski definition) is 1. The Hall–Kier alpha value is -1.93. The van der Waals surface area contributed by atoms with Gasteiger partial charge in [-0.3, -0.25) is 4.79 Å². The lowest BCUT2D eigenvalue weighted by atomic mass is 9.80. The molecular formula is C15H17FN2O2. The molecule has 0 aliphatic heterocycles. The Morgan fingerprint density at radius 3 is 2.90 bits per heavy atom. The number of halogens is 1. The van der Waals surface area contributed by atoms with E-state index in [2.05, 4.69) is 5.32 Å². The summed E-state index contributed by atoms with van der Waals surface area (Å²) in [5, 5.41) is 11.2. The molecule has 1 aliphatic carbocycles. The van der Waals surface area contributed by atoms with Crippen molar-refractivity contribution in [1.29, 1.82) is 5.26 Å². The second kappa shape index (κ2) is 6.49. The molecule has 1 N–H and O–H groups in total. The van der Waals surface area contributed by atoms with E-state index >= 15 is 0 Å². The standard InChI is InChI=1S/C15H17FN2O2/c1-2-20-12-5-11(6-12)8-15(19)18-14-4-3-10(9-17)7-13(14)16/h3-4,7,11-12H,2,5-6,8H2,1H3,(H,18,19). The van der Waals surface area contributed by atoms with Crippen LogP contribution in [0.1, 0.15) is 31.7 Å². The van der Waals surface area contributed by atoms with Crippen LogP contribution in [0.4, 0.5) is 10.1 Å². The van der Waals surface area contributed by atoms with Crippen LogP contribution in [0.5, 0.6) is 0 Å². The van der Waals surface area contributed by atoms with Crippen molar-refractivity contribution in [2.75, 3.05) is 11.9 Å². The first-order valence-corrected chi connectivity index (χ1v) is 6.73. The highest BCUT2D eigenvalue weighted by Gasteiger charge is 2.31. The Kier molecular flexibility index (Phi) is 4.70. The fourth-order valence-electron chi connectivity index (χ4n) is 2.36. The van der Waals surface area contributed by atoms with Crippen LogP contribution in [0.25, 0.3) is 0 Å². The van der Waals surface area contributed by atoms with E-state index in [1.807, 2.05) is 13.0 Å². The Bertz CT molecular complexity index is 533. The first-order chi connectivity index (χ1) is 9.62. The Balaban J connectivity index is 1.82. The van der Waals surface area contributed by atoms with Crippen LogP contribution in [0, 0.1) is 23.1 Å². The molecule has 2 rings (SSSR count). The van der Waals surface area contributed by atoms with Crippen molar-refractivity contribution in [2.24, 2.45) is 5.92 Å². The zero-order valence-corrected chi connectivity index (χ0v) is 11.4. The summed E-state index contributed by atoms with van der Waals surface area (Å²) in [6.07, 6.45) is 2.42. The number of rotatable bonds is 5. The number of nitrogens with one attached hydrogen (secondary N) is 1. The van der Waals surface area contributed by atoms with Crippen LogP contribution < -0.4 is 5.32 Å². The molecule has 0 aromatic heterocycles. The normalized spacial score (nSPS) is 20.9. The minimum Gasteiger partial charge on any atom is -0.378 e. The molecule has 0 radical (unpaired) electrons. The summed E-state index contributed by atoms with van der Waals surface area (Å²) in [5.74, 6) is -0.472. The molecule has 1 aromatic carbocycles. The molecule has 0 bridgehead atoms. The van der Waals surface area contributed by atoms with Gasteiger partial charge in [-0.05, 0) is 43.9 Å². The molecule has 5 heteroatoms. The average molecular weight is 276 g/mol. The summed E-state index contributed by atoms with van der Waals surface area (Å²) in [4.78, 5) is 11.8. The van der Waals surface area contributed by atoms with Crippen molar-refractivity contribution in [2.45, 2.75) is 32.3 Å². The molecule has 0 unspecified atom stereocenters. The van der Waals surface area contributed by atoms with E-state index < -0.39 is 5.82 Å². The van der Waals surface area contributed by atoms with Crippen molar-refractivity contribution in [3.8, 4) is 6.07 Å². The number of nitriles is 1. The summed E-state index contributed by atoms with van der Waals surface area (Å²) in [6, 6.07) is 5.86. The van der Waals surface area contributed by atoms with Crippen molar-refractivity contribution in [1.82, 2.24) is 0 Å². The van der Waals surface area contributed by atoms with Crippen LogP contribution in [0.15, 0.2) is 18.2 Å². The molecule has 0 heterocycles. The Morgan fingerprint density at radius 1 is 1.55 bits per heavy atom. The average Bonchev–Trinajstić information content (AvgIpc) is 2.38. The number of carbonyl (C=O) groups excluding carboxylic acids is 1. The second-order valence-corrected chi connectivity index (χ2v) is 4.97. The van der Waals surface area contributed by atoms with Crippen LogP contribution in [-0.4, -0.2) is 18.6 Å². The van der Waals surface area contributed by atoms with Gasteiger partial charge in [0.05, 0.1) is 23.4 Å². The molecule has 1 amide bonds. The van der Waals surface area contributed by atoms with Crippen LogP contribution in [0.3, 0.4) is 0 Å². The van der Waals surface area contributed by atoms with Crippen molar-refractivity contribution >= 4 is 11.6 Å². The largest absolute Gasteiger partial charge is 0.378 e. The lowest BCUT2D eigenvalue weighted by Crippen LogP contribution is -2.33. The van der Waals surface area contributed by atoms with Gasteiger partial charge in [-0.15, -0.1) is 0 Å². The molecule has 1 fully saturated rings. The Labute approximate surface area is 117 Å². The maximum absolute atomic E-state index is 13.6. The van der Waals surface area contributed by atoms with Crippen LogP contribution in [0.2, 0.25) is 0 Å². The number of ether oxygens (including phenoxy) is 1. The quantitative estimate of drug-likeness (QED) is 0.899. The highest BCUT2D eigenvalue weighted by atomic mass is 19.1. The minimum atomic E-state index is -0.585. The van der Waals surface area contributed by atoms with E-state index in [4.69, 9.17) is 10.00 Å². The summed E-state index contributed by atoms with van der Waals surface area (Å²) < 4.78 is 19.0. The number of hydrogen-bond acceptors (Lipinski definition) is 3. The number of anilines is 1. The lowest BCUT2D eigenvalue weighted by molar-refractivity contribution is -0.119. The van der Waals surface area contributed by atoms with E-state index in [1.165, 1.54) is 12.1 Å². The first kappa shape index (κ1) is 14.5. The molecule has 1 aliphatic rings. The van der Waals surface area contributed by atoms with Gasteiger partial charge >= 0.3 is 0 Å². The monoisotopic (exact) mass is 276 g/mol. The fraction of sp³-hybridized carbons (Fsp3) is 0.467. The second-order valence-electron chi connectivity index (χ2n) is 4.97. The lowest BCUT2D eigenvalue weighted by Gasteiger charge is -2.34. The third kappa shape index (κ3) is 3.55. The van der Waals surface area contributed by atoms with Crippen molar-refractivity contribution in [3.05, 3.63) is 29.6 Å². The van der Waals surface area contributed by atoms with E-state index in [1.54, 1.807) is 0 Å². The van der Waals surface area contributed by atoms with Crippen molar-refractivity contribution in [3.63, 3.8) is 0 Å². The van der Waals surface area contributed by atoms with E-state index in [0.29, 0.717) is 18.9 Å². The molecule has 4 nitrogen and oxygen atoms in total. The minimum absolute atomic E-state index is 0.120. The molecule has 1 aromatic rings. The first-order valence-electron chi connectivity index (χ1n) is 6.73. The van der Waals surface area contributed by atoms with Crippen LogP contribution >= 0.6 is 0 Å². The van der Waals surface area contributed by atoms with Gasteiger partial charge in [0, 0.05) is 13.0 Å². The smallest absolute Gasteiger partial charge is 0.224 e. The van der Waals surface area contributed by atoms with Gasteiger partial charge in [-0.2, -0.15) is 5.26 Å². The van der Waals surface area contributed by atoms with E-state index in [9.17, 15) is 9.18 Å². The SMILES string of the molecule is CCOC1CC(CC(=O)Nc2ccc(C#N)cc2F)C1. The van der Waals surface area contributed by atoms with Gasteiger partial charge in [0.15, 0.2) is 0 Å². The maximum atomic E-state index is 13.6. The summed E-state index contributed by atoms with van der Waals surface area (Å²) in [6.45, 7) is 2.65. The molecule has 20 heavy (non-hydrogen) atoms. The summed E-state index contributed by atoms with van der Waals surface area (Å²) in [5.41, 5.74) is 0.355. The van der Waals surface area contributed by atoms with Gasteiger partial charge in [0.2, 0.25) is 5.91 Å². The zero-order valence-electron chi connectivity index (χ0n) is 11.4. The van der Waals surface area contributed by atoms with Gasteiger partial charge in [0.1, 0.15) is 5.82 Å². The predicted molar refractivity (Wildman–Crippen MR) is 72.5 cm³/mol. The van der Waals surface area contributed by atoms with E-state index in [0.717, 1.165) is 18.9 Å². The maximum Gasteiger partial charge on any atom is 0.224 e. The van der Waals surface area contributed by atoms with Gasteiger partial charge in [0.25, 0.3) is 0 Å². The van der Waals surface area contributed by atoms with Crippen LogP contribution in [-0.2, 0) is 9.53 Å². The van der Waals surface area contributed by atoms with Gasteiger partial charge in [-0.25, -0.2) is 4.39 Å². The molecule has 106 valence electrons. The van der Waals surface area contributed by atoms with Gasteiger partial charge < -0.3 is 10.1 Å². The molecular weight excluding hydrogens is 259 g/mol. The number of amides is 1. The fourth-order valence-corrected chi connectivity index (χ4v) is 2.36. The third-order valence-electron chi connectivity index (χ3n) is 3.44. The number of benzene rings is 1. The highest BCUT2D eigenvalue weighted by Crippen LogP contribution is 2.33. The topological polar surface area (TPSA) is 62.1 Å². The molecule has 1 saturated carbocycles. The zero-order chi connectivity index (χ0) is 14.5. The summed E-state index contributed by atoms with van der Waals surface area (Å²) in [7, 11) is 0. The predicted octanol–water partition coefficient (Wildman–Crippen LogP) is 2.84. The molecule has 0 spiro atoms. The molecule has 0 saturated heterocycles. The Morgan fingerprint density at radius 2 is 2.30 bits per heavy atom. The summed E-state index contributed by atoms with van der Waals surface area (Å²) >= 11 is 0. The highest BCUT2D eigenvalue weighted by molar-refractivity contribution is 5.91. The number of carbonyl (C=O) groups is 1. The number of nitrogens with zero attached hydrogens (tertiary/aromatic N) is 1. The van der Waals surface area contributed by atoms with Crippen molar-refractivity contribution < 1.29 is 13.9 Å². The van der Waals surface area contributed by atoms with Gasteiger partial charge in [-0.1, -0.05) is 0 Å². The van der Waals surface area contributed by atoms with E-state index in [-0.39, 0.29) is 23.3 Å².